The molecule has 130 valence electrons. The van der Waals surface area contributed by atoms with Gasteiger partial charge in [0.1, 0.15) is 6.04 Å². The van der Waals surface area contributed by atoms with E-state index in [0.29, 0.717) is 19.5 Å². The number of hydrogen-bond acceptors (Lipinski definition) is 3. The number of benzene rings is 1. The minimum absolute atomic E-state index is 0. The first kappa shape index (κ1) is 21.4. The average molecular weight is 342 g/mol. The van der Waals surface area contributed by atoms with Crippen LogP contribution >= 0.6 is 12.4 Å². The molecule has 2 atom stereocenters. The van der Waals surface area contributed by atoms with Gasteiger partial charge in [-0.2, -0.15) is 0 Å². The number of hydrogen-bond donors (Lipinski definition) is 3. The van der Waals surface area contributed by atoms with Crippen molar-refractivity contribution < 1.29 is 9.59 Å². The van der Waals surface area contributed by atoms with Crippen molar-refractivity contribution in [3.8, 4) is 0 Å². The minimum atomic E-state index is -0.480. The summed E-state index contributed by atoms with van der Waals surface area (Å²) in [4.78, 5) is 24.3. The quantitative estimate of drug-likeness (QED) is 0.638. The maximum atomic E-state index is 12.2. The van der Waals surface area contributed by atoms with Crippen molar-refractivity contribution in [1.82, 2.24) is 10.6 Å². The molecule has 0 aromatic heterocycles. The van der Waals surface area contributed by atoms with Gasteiger partial charge in [0.15, 0.2) is 0 Å². The number of halogens is 1. The number of rotatable bonds is 9. The highest BCUT2D eigenvalue weighted by molar-refractivity contribution is 5.88. The molecule has 1 rings (SSSR count). The van der Waals surface area contributed by atoms with Gasteiger partial charge < -0.3 is 16.4 Å². The average Bonchev–Trinajstić information content (AvgIpc) is 2.52. The van der Waals surface area contributed by atoms with E-state index >= 15 is 0 Å². The number of carbonyl (C=O) groups is 2. The number of nitrogens with two attached hydrogens (primary N) is 1. The van der Waals surface area contributed by atoms with Crippen molar-refractivity contribution in [1.29, 1.82) is 0 Å². The Morgan fingerprint density at radius 1 is 1.22 bits per heavy atom. The summed E-state index contributed by atoms with van der Waals surface area (Å²) in [6.07, 6.45) is 1.74. The van der Waals surface area contributed by atoms with Crippen LogP contribution in [-0.4, -0.2) is 30.9 Å². The van der Waals surface area contributed by atoms with Crippen LogP contribution in [0.15, 0.2) is 30.3 Å². The SMILES string of the molecule is CCCC(NC(=O)Cc1ccccc1)C(=O)NCC(C)CN.Cl. The second kappa shape index (κ2) is 11.9. The van der Waals surface area contributed by atoms with E-state index in [1.54, 1.807) is 0 Å². The number of carbonyl (C=O) groups excluding carboxylic acids is 2. The second-order valence-electron chi connectivity index (χ2n) is 5.66. The Balaban J connectivity index is 0.00000484. The lowest BCUT2D eigenvalue weighted by molar-refractivity contribution is -0.129. The fourth-order valence-corrected chi connectivity index (χ4v) is 2.07. The van der Waals surface area contributed by atoms with Crippen molar-refractivity contribution in [2.75, 3.05) is 13.1 Å². The Bertz CT molecular complexity index is 468. The Hall–Kier alpha value is -1.59. The molecule has 2 amide bonds. The monoisotopic (exact) mass is 341 g/mol. The van der Waals surface area contributed by atoms with E-state index < -0.39 is 6.04 Å². The topological polar surface area (TPSA) is 84.2 Å². The summed E-state index contributed by atoms with van der Waals surface area (Å²) in [5, 5.41) is 5.68. The first-order chi connectivity index (χ1) is 10.6. The van der Waals surface area contributed by atoms with E-state index in [-0.39, 0.29) is 36.6 Å². The standard InChI is InChI=1S/C17H27N3O2.ClH/c1-3-7-15(17(22)19-12-13(2)11-18)20-16(21)10-14-8-5-4-6-9-14;/h4-6,8-9,13,15H,3,7,10-12,18H2,1-2H3,(H,19,22)(H,20,21);1H. The molecule has 4 N–H and O–H groups in total. The highest BCUT2D eigenvalue weighted by Gasteiger charge is 2.20. The number of amides is 2. The van der Waals surface area contributed by atoms with Crippen molar-refractivity contribution in [2.24, 2.45) is 11.7 Å². The fourth-order valence-electron chi connectivity index (χ4n) is 2.07. The lowest BCUT2D eigenvalue weighted by Crippen LogP contribution is -2.48. The van der Waals surface area contributed by atoms with E-state index in [9.17, 15) is 9.59 Å². The molecule has 0 saturated heterocycles. The Kier molecular flexibility index (Phi) is 11.1. The van der Waals surface area contributed by atoms with E-state index in [2.05, 4.69) is 10.6 Å². The highest BCUT2D eigenvalue weighted by Crippen LogP contribution is 2.02. The van der Waals surface area contributed by atoms with Gasteiger partial charge in [0, 0.05) is 6.54 Å². The van der Waals surface area contributed by atoms with Gasteiger partial charge in [0.25, 0.3) is 0 Å². The van der Waals surface area contributed by atoms with Crippen LogP contribution in [0.3, 0.4) is 0 Å². The Morgan fingerprint density at radius 2 is 1.87 bits per heavy atom. The van der Waals surface area contributed by atoms with Crippen LogP contribution in [0.5, 0.6) is 0 Å². The lowest BCUT2D eigenvalue weighted by Gasteiger charge is -2.19. The zero-order valence-electron chi connectivity index (χ0n) is 13.9. The largest absolute Gasteiger partial charge is 0.354 e. The lowest BCUT2D eigenvalue weighted by atomic mass is 10.1. The first-order valence-electron chi connectivity index (χ1n) is 7.87. The molecular weight excluding hydrogens is 314 g/mol. The van der Waals surface area contributed by atoms with Gasteiger partial charge in [-0.1, -0.05) is 50.6 Å². The van der Waals surface area contributed by atoms with Crippen LogP contribution in [0.25, 0.3) is 0 Å². The van der Waals surface area contributed by atoms with Gasteiger partial charge in [-0.25, -0.2) is 0 Å². The van der Waals surface area contributed by atoms with Crippen LogP contribution in [0.4, 0.5) is 0 Å². The third kappa shape index (κ3) is 8.57. The molecule has 2 unspecified atom stereocenters. The molecule has 0 spiro atoms. The molecule has 0 bridgehead atoms. The summed E-state index contributed by atoms with van der Waals surface area (Å²) >= 11 is 0. The van der Waals surface area contributed by atoms with Crippen LogP contribution < -0.4 is 16.4 Å². The van der Waals surface area contributed by atoms with E-state index in [1.165, 1.54) is 0 Å². The summed E-state index contributed by atoms with van der Waals surface area (Å²) in [5.74, 6) is -0.0403. The zero-order chi connectivity index (χ0) is 16.4. The van der Waals surface area contributed by atoms with E-state index in [0.717, 1.165) is 12.0 Å². The maximum Gasteiger partial charge on any atom is 0.242 e. The van der Waals surface area contributed by atoms with Crippen molar-refractivity contribution in [3.63, 3.8) is 0 Å². The molecule has 0 aliphatic heterocycles. The first-order valence-corrected chi connectivity index (χ1v) is 7.87. The molecule has 23 heavy (non-hydrogen) atoms. The molecule has 5 nitrogen and oxygen atoms in total. The Morgan fingerprint density at radius 3 is 2.43 bits per heavy atom. The van der Waals surface area contributed by atoms with E-state index in [4.69, 9.17) is 5.73 Å². The molecule has 1 aromatic rings. The van der Waals surface area contributed by atoms with Crippen molar-refractivity contribution in [2.45, 2.75) is 39.2 Å². The molecule has 1 aromatic carbocycles. The van der Waals surface area contributed by atoms with Crippen molar-refractivity contribution in [3.05, 3.63) is 35.9 Å². The zero-order valence-corrected chi connectivity index (χ0v) is 14.7. The maximum absolute atomic E-state index is 12.2. The molecule has 0 radical (unpaired) electrons. The van der Waals surface area contributed by atoms with Crippen LogP contribution in [-0.2, 0) is 16.0 Å². The van der Waals surface area contributed by atoms with Crippen LogP contribution in [0, 0.1) is 5.92 Å². The minimum Gasteiger partial charge on any atom is -0.354 e. The normalized spacial score (nSPS) is 12.7. The molecule has 0 aliphatic carbocycles. The van der Waals surface area contributed by atoms with Crippen molar-refractivity contribution >= 4 is 24.2 Å². The molecule has 0 fully saturated rings. The third-order valence-corrected chi connectivity index (χ3v) is 3.46. The molecule has 0 aliphatic rings. The van der Waals surface area contributed by atoms with Gasteiger partial charge in [-0.15, -0.1) is 12.4 Å². The third-order valence-electron chi connectivity index (χ3n) is 3.46. The predicted molar refractivity (Wildman–Crippen MR) is 95.5 cm³/mol. The van der Waals surface area contributed by atoms with Gasteiger partial charge in [-0.05, 0) is 24.4 Å². The number of nitrogens with one attached hydrogen (secondary N) is 2. The molecule has 6 heteroatoms. The summed E-state index contributed by atoms with van der Waals surface area (Å²) in [6, 6.07) is 9.02. The fraction of sp³-hybridized carbons (Fsp3) is 0.529. The van der Waals surface area contributed by atoms with Gasteiger partial charge in [0.05, 0.1) is 6.42 Å². The molecule has 0 heterocycles. The summed E-state index contributed by atoms with van der Waals surface area (Å²) in [7, 11) is 0. The van der Waals surface area contributed by atoms with Crippen LogP contribution in [0.2, 0.25) is 0 Å². The molecule has 0 saturated carbocycles. The van der Waals surface area contributed by atoms with Gasteiger partial charge >= 0.3 is 0 Å². The highest BCUT2D eigenvalue weighted by atomic mass is 35.5. The van der Waals surface area contributed by atoms with E-state index in [1.807, 2.05) is 44.2 Å². The second-order valence-corrected chi connectivity index (χ2v) is 5.66. The van der Waals surface area contributed by atoms with Gasteiger partial charge in [0.2, 0.25) is 11.8 Å². The smallest absolute Gasteiger partial charge is 0.242 e. The summed E-state index contributed by atoms with van der Waals surface area (Å²) < 4.78 is 0. The summed E-state index contributed by atoms with van der Waals surface area (Å²) in [6.45, 7) is 5.03. The Labute approximate surface area is 144 Å². The van der Waals surface area contributed by atoms with Gasteiger partial charge in [-0.3, -0.25) is 9.59 Å². The van der Waals surface area contributed by atoms with Crippen LogP contribution in [0.1, 0.15) is 32.3 Å². The summed E-state index contributed by atoms with van der Waals surface area (Å²) in [5.41, 5.74) is 6.48. The predicted octanol–water partition coefficient (Wildman–Crippen LogP) is 1.65. The molecular formula is C17H28ClN3O2.